The second kappa shape index (κ2) is 24.2. The number of carbonyl (C=O) groups is 5. The molecular formula is C44H52Cl2F2N14O5. The van der Waals surface area contributed by atoms with Crippen LogP contribution in [-0.4, -0.2) is 94.1 Å². The van der Waals surface area contributed by atoms with Gasteiger partial charge in [0.15, 0.2) is 0 Å². The Bertz CT molecular complexity index is 2790. The number of anilines is 3. The van der Waals surface area contributed by atoms with Crippen molar-refractivity contribution in [2.24, 2.45) is 0 Å². The van der Waals surface area contributed by atoms with Crippen molar-refractivity contribution in [3.8, 4) is 0 Å². The van der Waals surface area contributed by atoms with Crippen LogP contribution in [0.5, 0.6) is 0 Å². The first-order valence-corrected chi connectivity index (χ1v) is 20.4. The lowest BCUT2D eigenvalue weighted by molar-refractivity contribution is -0.138. The van der Waals surface area contributed by atoms with Gasteiger partial charge in [-0.1, -0.05) is 62.3 Å². The zero-order valence-electron chi connectivity index (χ0n) is 35.5. The molecule has 356 valence electrons. The Hall–Kier alpha value is -7.44. The Balaban J connectivity index is 0.000000345. The number of benzene rings is 2. The van der Waals surface area contributed by atoms with E-state index in [2.05, 4.69) is 40.7 Å². The van der Waals surface area contributed by atoms with Crippen molar-refractivity contribution in [2.75, 3.05) is 29.9 Å². The SMILES string of the molecule is C.C.CC(C)N(CC(=O)NCc1cccc(Cl)c1F)C(=O)Cn1cc(NC=O)c2c(N)ncnc21.[C-]#[N+]c1cn(CC(=O)N(CC(=O)NCc2cccc(Cl)c2F)C(C)C)c2ncnc(N)c12. The molecular weight excluding hydrogens is 913 g/mol. The molecule has 0 spiro atoms. The van der Waals surface area contributed by atoms with Crippen LogP contribution in [0.1, 0.15) is 53.7 Å². The second-order valence-corrected chi connectivity index (χ2v) is 15.6. The number of amides is 5. The van der Waals surface area contributed by atoms with Crippen LogP contribution < -0.4 is 27.4 Å². The van der Waals surface area contributed by atoms with Crippen molar-refractivity contribution in [1.29, 1.82) is 0 Å². The highest BCUT2D eigenvalue weighted by Crippen LogP contribution is 2.31. The number of hydrogen-bond acceptors (Lipinski definition) is 11. The fourth-order valence-corrected chi connectivity index (χ4v) is 6.93. The topological polar surface area (TPSA) is 246 Å². The zero-order chi connectivity index (χ0) is 47.5. The molecule has 0 aliphatic rings. The summed E-state index contributed by atoms with van der Waals surface area (Å²) >= 11 is 11.5. The van der Waals surface area contributed by atoms with Gasteiger partial charge >= 0.3 is 0 Å². The predicted molar refractivity (Wildman–Crippen MR) is 254 cm³/mol. The molecule has 0 radical (unpaired) electrons. The Morgan fingerprint density at radius 3 is 1.61 bits per heavy atom. The predicted octanol–water partition coefficient (Wildman–Crippen LogP) is 6.11. The fourth-order valence-electron chi connectivity index (χ4n) is 6.54. The van der Waals surface area contributed by atoms with E-state index in [1.165, 1.54) is 68.2 Å². The summed E-state index contributed by atoms with van der Waals surface area (Å²) in [6, 6.07) is 8.48. The van der Waals surface area contributed by atoms with Crippen LogP contribution in [-0.2, 0) is 50.2 Å². The van der Waals surface area contributed by atoms with E-state index >= 15 is 0 Å². The number of halogens is 4. The summed E-state index contributed by atoms with van der Waals surface area (Å²) in [7, 11) is 0. The molecule has 4 aromatic heterocycles. The number of rotatable bonds is 16. The van der Waals surface area contributed by atoms with Crippen LogP contribution in [0.3, 0.4) is 0 Å². The normalized spacial score (nSPS) is 10.6. The molecule has 0 saturated heterocycles. The maximum atomic E-state index is 14.0. The number of aromatic nitrogens is 6. The lowest BCUT2D eigenvalue weighted by Gasteiger charge is -2.26. The Kier molecular flexibility index (Phi) is 19.5. The van der Waals surface area contributed by atoms with E-state index in [0.29, 0.717) is 34.2 Å². The zero-order valence-corrected chi connectivity index (χ0v) is 37.0. The summed E-state index contributed by atoms with van der Waals surface area (Å²) in [5, 5.41) is 8.46. The van der Waals surface area contributed by atoms with Gasteiger partial charge in [0.05, 0.1) is 46.2 Å². The van der Waals surface area contributed by atoms with E-state index in [4.69, 9.17) is 41.2 Å². The maximum Gasteiger partial charge on any atom is 0.243 e. The first kappa shape index (κ1) is 53.9. The number of hydrogen-bond donors (Lipinski definition) is 5. The molecule has 5 amide bonds. The second-order valence-electron chi connectivity index (χ2n) is 14.8. The van der Waals surface area contributed by atoms with Gasteiger partial charge in [-0.25, -0.2) is 33.6 Å². The molecule has 0 bridgehead atoms. The fraction of sp³-hybridized carbons (Fsp3) is 0.318. The number of carbonyl (C=O) groups excluding carboxylic acids is 5. The Morgan fingerprint density at radius 2 is 1.18 bits per heavy atom. The number of nitrogen functional groups attached to an aromatic ring is 2. The third-order valence-corrected chi connectivity index (χ3v) is 10.4. The lowest BCUT2D eigenvalue weighted by Crippen LogP contribution is -2.45. The number of fused-ring (bicyclic) bond motifs is 2. The Labute approximate surface area is 395 Å². The van der Waals surface area contributed by atoms with Crippen molar-refractivity contribution in [2.45, 2.75) is 80.8 Å². The molecule has 6 aromatic rings. The minimum Gasteiger partial charge on any atom is -0.384 e. The third kappa shape index (κ3) is 13.1. The average molecular weight is 966 g/mol. The van der Waals surface area contributed by atoms with Gasteiger partial charge in [0, 0.05) is 48.7 Å². The highest BCUT2D eigenvalue weighted by molar-refractivity contribution is 6.31. The molecule has 6 rings (SSSR count). The van der Waals surface area contributed by atoms with Crippen molar-refractivity contribution in [3.63, 3.8) is 0 Å². The van der Waals surface area contributed by atoms with E-state index in [-0.39, 0.29) is 117 Å². The monoisotopic (exact) mass is 964 g/mol. The lowest BCUT2D eigenvalue weighted by atomic mass is 10.2. The summed E-state index contributed by atoms with van der Waals surface area (Å²) in [4.78, 5) is 84.2. The van der Waals surface area contributed by atoms with E-state index in [1.54, 1.807) is 39.8 Å². The third-order valence-electron chi connectivity index (χ3n) is 9.82. The molecule has 0 unspecified atom stereocenters. The van der Waals surface area contributed by atoms with Gasteiger partial charge in [0.25, 0.3) is 0 Å². The summed E-state index contributed by atoms with van der Waals surface area (Å²) < 4.78 is 31.1. The minimum absolute atomic E-state index is 0. The van der Waals surface area contributed by atoms with E-state index in [0.717, 1.165) is 0 Å². The van der Waals surface area contributed by atoms with Crippen molar-refractivity contribution in [3.05, 3.63) is 106 Å². The van der Waals surface area contributed by atoms with Crippen molar-refractivity contribution in [1.82, 2.24) is 49.5 Å². The van der Waals surface area contributed by atoms with Crippen molar-refractivity contribution >= 4 is 98.3 Å². The van der Waals surface area contributed by atoms with Gasteiger partial charge in [-0.3, -0.25) is 24.0 Å². The summed E-state index contributed by atoms with van der Waals surface area (Å²) in [5.41, 5.74) is 13.6. The standard InChI is InChI=1S/C21H23ClFN7O3.C21H21ClFN7O2.2CH4/c1-12(2)30(8-16(32)25-6-13-4-3-5-14(22)19(13)23)17(33)9-29-7-15(28-11-31)18-20(24)26-10-27-21(18)29;1-12(2)30(9-16(31)26-7-13-5-4-6-14(22)19(13)23)17(32)10-29-8-15(25-3)18-20(24)27-11-28-21(18)29;;/h3-5,7,10-12H,6,8-9H2,1-2H3,(H,25,32)(H,28,31)(H2,24,26,27);4-6,8,11-12H,7,9-10H2,1-2H3,(H,26,31)(H2,24,27,28);2*1H4. The first-order chi connectivity index (χ1) is 30.9. The van der Waals surface area contributed by atoms with Gasteiger partial charge in [-0.15, -0.1) is 0 Å². The molecule has 23 heteroatoms. The van der Waals surface area contributed by atoms with Gasteiger partial charge in [0.2, 0.25) is 35.7 Å². The summed E-state index contributed by atoms with van der Waals surface area (Å²) in [6.45, 7) is 13.6. The van der Waals surface area contributed by atoms with E-state index in [1.807, 2.05) is 0 Å². The van der Waals surface area contributed by atoms with Gasteiger partial charge in [-0.2, -0.15) is 0 Å². The average Bonchev–Trinajstić information content (AvgIpc) is 3.81. The van der Waals surface area contributed by atoms with E-state index < -0.39 is 23.4 Å². The number of nitrogens with two attached hydrogens (primary N) is 2. The highest BCUT2D eigenvalue weighted by atomic mass is 35.5. The molecule has 67 heavy (non-hydrogen) atoms. The molecule has 0 fully saturated rings. The van der Waals surface area contributed by atoms with Crippen LogP contribution in [0.4, 0.5) is 31.8 Å². The highest BCUT2D eigenvalue weighted by Gasteiger charge is 2.25. The molecule has 19 nitrogen and oxygen atoms in total. The van der Waals surface area contributed by atoms with Crippen LogP contribution in [0, 0.1) is 18.2 Å². The molecule has 0 saturated carbocycles. The van der Waals surface area contributed by atoms with Gasteiger partial charge in [0.1, 0.15) is 60.3 Å². The molecule has 0 aliphatic heterocycles. The van der Waals surface area contributed by atoms with E-state index in [9.17, 15) is 32.8 Å². The molecule has 2 aromatic carbocycles. The van der Waals surface area contributed by atoms with Crippen molar-refractivity contribution < 1.29 is 32.8 Å². The minimum atomic E-state index is -0.600. The molecule has 4 heterocycles. The smallest absolute Gasteiger partial charge is 0.243 e. The largest absolute Gasteiger partial charge is 0.384 e. The number of nitrogens with zero attached hydrogens (tertiary/aromatic N) is 9. The van der Waals surface area contributed by atoms with Crippen LogP contribution >= 0.6 is 23.2 Å². The van der Waals surface area contributed by atoms with Gasteiger partial charge < -0.3 is 46.4 Å². The quantitative estimate of drug-likeness (QED) is 0.0547. The summed E-state index contributed by atoms with van der Waals surface area (Å²) in [5.74, 6) is -2.50. The number of nitrogens with one attached hydrogen (secondary N) is 3. The van der Waals surface area contributed by atoms with Crippen LogP contribution in [0.2, 0.25) is 10.0 Å². The van der Waals surface area contributed by atoms with Crippen LogP contribution in [0.25, 0.3) is 26.9 Å². The Morgan fingerprint density at radius 1 is 0.746 bits per heavy atom. The molecule has 0 aliphatic carbocycles. The van der Waals surface area contributed by atoms with Gasteiger partial charge in [-0.05, 0) is 39.8 Å². The summed E-state index contributed by atoms with van der Waals surface area (Å²) in [6.07, 6.45) is 6.02. The molecule has 7 N–H and O–H groups in total. The first-order valence-electron chi connectivity index (χ1n) is 19.7. The van der Waals surface area contributed by atoms with Crippen LogP contribution in [0.15, 0.2) is 61.4 Å². The molecule has 0 atom stereocenters. The maximum absolute atomic E-state index is 14.0.